The zero-order chi connectivity index (χ0) is 14.7. The maximum absolute atomic E-state index is 12.5. The van der Waals surface area contributed by atoms with Gasteiger partial charge in [-0.15, -0.1) is 0 Å². The van der Waals surface area contributed by atoms with Crippen molar-refractivity contribution in [2.24, 2.45) is 0 Å². The van der Waals surface area contributed by atoms with E-state index in [0.29, 0.717) is 25.1 Å². The number of aromatic nitrogens is 1. The molecule has 2 aromatic rings. The Hall–Kier alpha value is -2.20. The van der Waals surface area contributed by atoms with Crippen LogP contribution in [-0.2, 0) is 6.42 Å². The number of rotatable bonds is 3. The van der Waals surface area contributed by atoms with E-state index in [1.165, 1.54) is 0 Å². The third-order valence-electron chi connectivity index (χ3n) is 3.94. The first-order valence-electron chi connectivity index (χ1n) is 7.19. The Morgan fingerprint density at radius 1 is 1.19 bits per heavy atom. The van der Waals surface area contributed by atoms with E-state index in [2.05, 4.69) is 4.98 Å². The highest BCUT2D eigenvalue weighted by Crippen LogP contribution is 2.23. The molecule has 1 saturated heterocycles. The van der Waals surface area contributed by atoms with Crippen molar-refractivity contribution >= 4 is 5.91 Å². The smallest absolute Gasteiger partial charge is 0.272 e. The first kappa shape index (κ1) is 13.8. The standard InChI is InChI=1S/C17H18N2O2/c20-16-9-11-19(17(21)14-8-4-5-10-18-14)15(16)12-13-6-2-1-3-7-13/h1-8,10,15-16,20H,9,11-12H2/t15-,16-/m0/s1. The van der Waals surface area contributed by atoms with Gasteiger partial charge in [0, 0.05) is 12.7 Å². The van der Waals surface area contributed by atoms with Crippen LogP contribution < -0.4 is 0 Å². The number of carbonyl (C=O) groups excluding carboxylic acids is 1. The van der Waals surface area contributed by atoms with Crippen LogP contribution in [0.15, 0.2) is 54.7 Å². The second-order valence-corrected chi connectivity index (χ2v) is 5.33. The highest BCUT2D eigenvalue weighted by Gasteiger charge is 2.36. The summed E-state index contributed by atoms with van der Waals surface area (Å²) in [5.41, 5.74) is 1.56. The second kappa shape index (κ2) is 6.06. The molecule has 1 N–H and O–H groups in total. The van der Waals surface area contributed by atoms with E-state index in [9.17, 15) is 9.90 Å². The highest BCUT2D eigenvalue weighted by atomic mass is 16.3. The number of pyridine rings is 1. The SMILES string of the molecule is O=C(c1ccccn1)N1CC[C@H](O)[C@@H]1Cc1ccccc1. The van der Waals surface area contributed by atoms with Crippen molar-refractivity contribution in [1.29, 1.82) is 0 Å². The van der Waals surface area contributed by atoms with E-state index in [-0.39, 0.29) is 11.9 Å². The average molecular weight is 282 g/mol. The van der Waals surface area contributed by atoms with Crippen molar-refractivity contribution in [2.45, 2.75) is 25.0 Å². The van der Waals surface area contributed by atoms with E-state index in [1.54, 1.807) is 29.3 Å². The van der Waals surface area contributed by atoms with Crippen molar-refractivity contribution in [3.8, 4) is 0 Å². The van der Waals surface area contributed by atoms with Crippen LogP contribution in [0.3, 0.4) is 0 Å². The number of aliphatic hydroxyl groups excluding tert-OH is 1. The summed E-state index contributed by atoms with van der Waals surface area (Å²) in [5, 5.41) is 10.2. The van der Waals surface area contributed by atoms with Gasteiger partial charge in [0.2, 0.25) is 0 Å². The summed E-state index contributed by atoms with van der Waals surface area (Å²) in [4.78, 5) is 18.4. The van der Waals surface area contributed by atoms with Crippen molar-refractivity contribution in [3.05, 3.63) is 66.0 Å². The molecule has 21 heavy (non-hydrogen) atoms. The van der Waals surface area contributed by atoms with E-state index >= 15 is 0 Å². The first-order valence-corrected chi connectivity index (χ1v) is 7.19. The van der Waals surface area contributed by atoms with Crippen LogP contribution in [0.4, 0.5) is 0 Å². The lowest BCUT2D eigenvalue weighted by atomic mass is 10.0. The van der Waals surface area contributed by atoms with Gasteiger partial charge >= 0.3 is 0 Å². The van der Waals surface area contributed by atoms with E-state index in [4.69, 9.17) is 0 Å². The number of aliphatic hydroxyl groups is 1. The molecule has 1 aromatic carbocycles. The van der Waals surface area contributed by atoms with Crippen molar-refractivity contribution < 1.29 is 9.90 Å². The summed E-state index contributed by atoms with van der Waals surface area (Å²) in [6.45, 7) is 0.577. The molecule has 0 radical (unpaired) electrons. The molecule has 1 aliphatic heterocycles. The molecule has 3 rings (SSSR count). The van der Waals surface area contributed by atoms with Gasteiger partial charge in [-0.25, -0.2) is 0 Å². The van der Waals surface area contributed by atoms with Gasteiger partial charge in [0.1, 0.15) is 5.69 Å². The Bertz CT molecular complexity index is 601. The van der Waals surface area contributed by atoms with Crippen LogP contribution in [-0.4, -0.2) is 39.6 Å². The summed E-state index contributed by atoms with van der Waals surface area (Å²) < 4.78 is 0. The van der Waals surface area contributed by atoms with Gasteiger partial charge in [0.25, 0.3) is 5.91 Å². The number of hydrogen-bond donors (Lipinski definition) is 1. The van der Waals surface area contributed by atoms with Crippen molar-refractivity contribution in [1.82, 2.24) is 9.88 Å². The second-order valence-electron chi connectivity index (χ2n) is 5.33. The minimum absolute atomic E-state index is 0.104. The molecular formula is C17H18N2O2. The number of likely N-dealkylation sites (tertiary alicyclic amines) is 1. The molecule has 108 valence electrons. The van der Waals surface area contributed by atoms with Gasteiger partial charge in [-0.05, 0) is 30.5 Å². The molecule has 0 bridgehead atoms. The van der Waals surface area contributed by atoms with Crippen LogP contribution in [0, 0.1) is 0 Å². The molecule has 0 unspecified atom stereocenters. The maximum atomic E-state index is 12.5. The molecule has 4 nitrogen and oxygen atoms in total. The zero-order valence-electron chi connectivity index (χ0n) is 11.7. The van der Waals surface area contributed by atoms with Gasteiger partial charge in [-0.1, -0.05) is 36.4 Å². The van der Waals surface area contributed by atoms with E-state index < -0.39 is 6.10 Å². The molecule has 1 amide bonds. The normalized spacial score (nSPS) is 21.5. The third-order valence-corrected chi connectivity index (χ3v) is 3.94. The predicted molar refractivity (Wildman–Crippen MR) is 79.8 cm³/mol. The Morgan fingerprint density at radius 3 is 2.67 bits per heavy atom. The molecule has 1 fully saturated rings. The number of nitrogens with zero attached hydrogens (tertiary/aromatic N) is 2. The quantitative estimate of drug-likeness (QED) is 0.935. The molecule has 2 atom stereocenters. The van der Waals surface area contributed by atoms with Gasteiger partial charge in [-0.3, -0.25) is 9.78 Å². The number of benzene rings is 1. The predicted octanol–water partition coefficient (Wildman–Crippen LogP) is 1.90. The Labute approximate surface area is 124 Å². The molecule has 0 aliphatic carbocycles. The summed E-state index contributed by atoms with van der Waals surface area (Å²) in [6.07, 6.45) is 2.43. The van der Waals surface area contributed by atoms with Crippen LogP contribution in [0.5, 0.6) is 0 Å². The van der Waals surface area contributed by atoms with Gasteiger partial charge in [-0.2, -0.15) is 0 Å². The van der Waals surface area contributed by atoms with Crippen LogP contribution in [0.2, 0.25) is 0 Å². The molecule has 4 heteroatoms. The molecule has 0 saturated carbocycles. The number of hydrogen-bond acceptors (Lipinski definition) is 3. The fourth-order valence-electron chi connectivity index (χ4n) is 2.83. The largest absolute Gasteiger partial charge is 0.391 e. The fourth-order valence-corrected chi connectivity index (χ4v) is 2.83. The molecular weight excluding hydrogens is 264 g/mol. The van der Waals surface area contributed by atoms with Crippen LogP contribution in [0.25, 0.3) is 0 Å². The molecule has 2 heterocycles. The molecule has 1 aromatic heterocycles. The van der Waals surface area contributed by atoms with Gasteiger partial charge in [0.05, 0.1) is 12.1 Å². The molecule has 1 aliphatic rings. The summed E-state index contributed by atoms with van der Waals surface area (Å²) in [7, 11) is 0. The van der Waals surface area contributed by atoms with Crippen molar-refractivity contribution in [3.63, 3.8) is 0 Å². The van der Waals surface area contributed by atoms with E-state index in [0.717, 1.165) is 5.56 Å². The Balaban J connectivity index is 1.79. The first-order chi connectivity index (χ1) is 10.3. The third kappa shape index (κ3) is 2.95. The fraction of sp³-hybridized carbons (Fsp3) is 0.294. The number of carbonyl (C=O) groups is 1. The van der Waals surface area contributed by atoms with E-state index in [1.807, 2.05) is 30.3 Å². The lowest BCUT2D eigenvalue weighted by Crippen LogP contribution is -2.41. The summed E-state index contributed by atoms with van der Waals surface area (Å²) in [6, 6.07) is 15.1. The van der Waals surface area contributed by atoms with Crippen molar-refractivity contribution in [2.75, 3.05) is 6.54 Å². The monoisotopic (exact) mass is 282 g/mol. The zero-order valence-corrected chi connectivity index (χ0v) is 11.7. The Kier molecular flexibility index (Phi) is 3.97. The Morgan fingerprint density at radius 2 is 1.95 bits per heavy atom. The average Bonchev–Trinajstić information content (AvgIpc) is 2.90. The lowest BCUT2D eigenvalue weighted by Gasteiger charge is -2.26. The minimum Gasteiger partial charge on any atom is -0.391 e. The topological polar surface area (TPSA) is 53.4 Å². The molecule has 0 spiro atoms. The van der Waals surface area contributed by atoms with Gasteiger partial charge in [0.15, 0.2) is 0 Å². The summed E-state index contributed by atoms with van der Waals surface area (Å²) in [5.74, 6) is -0.104. The van der Waals surface area contributed by atoms with Gasteiger partial charge < -0.3 is 10.0 Å². The van der Waals surface area contributed by atoms with Crippen LogP contribution in [0.1, 0.15) is 22.5 Å². The summed E-state index contributed by atoms with van der Waals surface area (Å²) >= 11 is 0. The van der Waals surface area contributed by atoms with Crippen LogP contribution >= 0.6 is 0 Å². The lowest BCUT2D eigenvalue weighted by molar-refractivity contribution is 0.0634. The maximum Gasteiger partial charge on any atom is 0.272 e. The highest BCUT2D eigenvalue weighted by molar-refractivity contribution is 5.92. The number of amides is 1. The minimum atomic E-state index is -0.474.